The second kappa shape index (κ2) is 7.05. The van der Waals surface area contributed by atoms with E-state index in [1.807, 2.05) is 0 Å². The van der Waals surface area contributed by atoms with E-state index in [1.165, 1.54) is 0 Å². The molecule has 0 aliphatic carbocycles. The predicted octanol–water partition coefficient (Wildman–Crippen LogP) is 0.0277. The third kappa shape index (κ3) is 4.97. The van der Waals surface area contributed by atoms with E-state index < -0.39 is 5.97 Å². The SMILES string of the molecule is CCOC(=O)CNC(=O)NC1CCCOC1. The van der Waals surface area contributed by atoms with E-state index in [0.29, 0.717) is 13.2 Å². The molecule has 6 nitrogen and oxygen atoms in total. The highest BCUT2D eigenvalue weighted by atomic mass is 16.5. The molecular weight excluding hydrogens is 212 g/mol. The van der Waals surface area contributed by atoms with Crippen LogP contribution in [0.25, 0.3) is 0 Å². The molecule has 0 bridgehead atoms. The van der Waals surface area contributed by atoms with Crippen molar-refractivity contribution in [2.75, 3.05) is 26.4 Å². The van der Waals surface area contributed by atoms with Crippen LogP contribution < -0.4 is 10.6 Å². The van der Waals surface area contributed by atoms with Gasteiger partial charge < -0.3 is 20.1 Å². The third-order valence-electron chi connectivity index (χ3n) is 2.19. The van der Waals surface area contributed by atoms with Crippen molar-refractivity contribution in [1.82, 2.24) is 10.6 Å². The molecule has 16 heavy (non-hydrogen) atoms. The van der Waals surface area contributed by atoms with Gasteiger partial charge in [0.2, 0.25) is 0 Å². The van der Waals surface area contributed by atoms with Gasteiger partial charge in [-0.1, -0.05) is 0 Å². The minimum Gasteiger partial charge on any atom is -0.465 e. The number of esters is 1. The van der Waals surface area contributed by atoms with Gasteiger partial charge in [-0.15, -0.1) is 0 Å². The smallest absolute Gasteiger partial charge is 0.325 e. The second-order valence-electron chi connectivity index (χ2n) is 3.55. The summed E-state index contributed by atoms with van der Waals surface area (Å²) in [5.74, 6) is -0.433. The van der Waals surface area contributed by atoms with Gasteiger partial charge in [-0.25, -0.2) is 4.79 Å². The van der Waals surface area contributed by atoms with Crippen molar-refractivity contribution >= 4 is 12.0 Å². The molecule has 0 spiro atoms. The zero-order valence-corrected chi connectivity index (χ0v) is 9.45. The number of hydrogen-bond acceptors (Lipinski definition) is 4. The van der Waals surface area contributed by atoms with E-state index in [1.54, 1.807) is 6.92 Å². The van der Waals surface area contributed by atoms with Gasteiger partial charge in [-0.05, 0) is 19.8 Å². The molecule has 2 N–H and O–H groups in total. The number of amides is 2. The highest BCUT2D eigenvalue weighted by Gasteiger charge is 2.16. The second-order valence-corrected chi connectivity index (χ2v) is 3.55. The highest BCUT2D eigenvalue weighted by molar-refractivity contribution is 5.80. The summed E-state index contributed by atoms with van der Waals surface area (Å²) in [6, 6.07) is -0.320. The monoisotopic (exact) mass is 230 g/mol. The van der Waals surface area contributed by atoms with Gasteiger partial charge in [0.15, 0.2) is 0 Å². The minimum atomic E-state index is -0.433. The molecule has 1 fully saturated rings. The van der Waals surface area contributed by atoms with Gasteiger partial charge in [0.25, 0.3) is 0 Å². The Hall–Kier alpha value is -1.30. The van der Waals surface area contributed by atoms with Crippen LogP contribution in [0, 0.1) is 0 Å². The summed E-state index contributed by atoms with van der Waals surface area (Å²) in [6.07, 6.45) is 1.86. The fraction of sp³-hybridized carbons (Fsp3) is 0.800. The minimum absolute atomic E-state index is 0.0379. The lowest BCUT2D eigenvalue weighted by Gasteiger charge is -2.23. The van der Waals surface area contributed by atoms with Gasteiger partial charge in [0.05, 0.1) is 19.3 Å². The number of hydrogen-bond donors (Lipinski definition) is 2. The maximum atomic E-state index is 11.3. The first-order valence-corrected chi connectivity index (χ1v) is 5.50. The van der Waals surface area contributed by atoms with Crippen LogP contribution in [0.4, 0.5) is 4.79 Å². The number of nitrogens with one attached hydrogen (secondary N) is 2. The highest BCUT2D eigenvalue weighted by Crippen LogP contribution is 2.05. The summed E-state index contributed by atoms with van der Waals surface area (Å²) < 4.78 is 9.89. The summed E-state index contributed by atoms with van der Waals surface area (Å²) in [7, 11) is 0. The lowest BCUT2D eigenvalue weighted by molar-refractivity contribution is -0.141. The lowest BCUT2D eigenvalue weighted by Crippen LogP contribution is -2.47. The Kier molecular flexibility index (Phi) is 5.63. The molecule has 0 saturated carbocycles. The van der Waals surface area contributed by atoms with E-state index in [2.05, 4.69) is 15.4 Å². The Morgan fingerprint density at radius 1 is 1.50 bits per heavy atom. The van der Waals surface area contributed by atoms with Crippen molar-refractivity contribution in [2.24, 2.45) is 0 Å². The first-order chi connectivity index (χ1) is 7.72. The van der Waals surface area contributed by atoms with Crippen LogP contribution in [-0.2, 0) is 14.3 Å². The average Bonchev–Trinajstić information content (AvgIpc) is 2.28. The van der Waals surface area contributed by atoms with Crippen LogP contribution in [0.15, 0.2) is 0 Å². The van der Waals surface area contributed by atoms with Gasteiger partial charge in [-0.2, -0.15) is 0 Å². The average molecular weight is 230 g/mol. The molecule has 1 rings (SSSR count). The summed E-state index contributed by atoms with van der Waals surface area (Å²) in [5, 5.41) is 5.17. The maximum absolute atomic E-state index is 11.3. The summed E-state index contributed by atoms with van der Waals surface area (Å²) in [5.41, 5.74) is 0. The normalized spacial score (nSPS) is 19.9. The van der Waals surface area contributed by atoms with Crippen molar-refractivity contribution < 1.29 is 19.1 Å². The Labute approximate surface area is 94.7 Å². The molecule has 0 aromatic heterocycles. The van der Waals surface area contributed by atoms with Crippen LogP contribution in [0.2, 0.25) is 0 Å². The summed E-state index contributed by atoms with van der Waals surface area (Å²) in [6.45, 7) is 3.22. The van der Waals surface area contributed by atoms with Crippen molar-refractivity contribution in [1.29, 1.82) is 0 Å². The number of rotatable bonds is 4. The number of carbonyl (C=O) groups is 2. The van der Waals surface area contributed by atoms with Gasteiger partial charge >= 0.3 is 12.0 Å². The first-order valence-electron chi connectivity index (χ1n) is 5.50. The molecule has 1 aliphatic heterocycles. The van der Waals surface area contributed by atoms with E-state index in [4.69, 9.17) is 4.74 Å². The molecule has 2 amide bonds. The molecule has 0 radical (unpaired) electrons. The van der Waals surface area contributed by atoms with E-state index in [0.717, 1.165) is 19.4 Å². The Balaban J connectivity index is 2.12. The standard InChI is InChI=1S/C10H18N2O4/c1-2-16-9(13)6-11-10(14)12-8-4-3-5-15-7-8/h8H,2-7H2,1H3,(H2,11,12,14). The lowest BCUT2D eigenvalue weighted by atomic mass is 10.1. The topological polar surface area (TPSA) is 76.7 Å². The van der Waals surface area contributed by atoms with Crippen molar-refractivity contribution in [3.63, 3.8) is 0 Å². The van der Waals surface area contributed by atoms with Crippen LogP contribution in [0.5, 0.6) is 0 Å². The van der Waals surface area contributed by atoms with E-state index in [9.17, 15) is 9.59 Å². The molecule has 1 saturated heterocycles. The summed E-state index contributed by atoms with van der Waals surface area (Å²) in [4.78, 5) is 22.3. The molecule has 1 atom stereocenters. The summed E-state index contributed by atoms with van der Waals surface area (Å²) >= 11 is 0. The predicted molar refractivity (Wildman–Crippen MR) is 57.0 cm³/mol. The Bertz CT molecular complexity index is 239. The molecule has 0 aromatic carbocycles. The molecule has 0 aromatic rings. The zero-order valence-electron chi connectivity index (χ0n) is 9.45. The third-order valence-corrected chi connectivity index (χ3v) is 2.19. The van der Waals surface area contributed by atoms with Crippen LogP contribution in [0.1, 0.15) is 19.8 Å². The Morgan fingerprint density at radius 3 is 2.94 bits per heavy atom. The van der Waals surface area contributed by atoms with Crippen LogP contribution in [0.3, 0.4) is 0 Å². The van der Waals surface area contributed by atoms with Gasteiger partial charge in [0, 0.05) is 6.61 Å². The van der Waals surface area contributed by atoms with Gasteiger partial charge in [-0.3, -0.25) is 4.79 Å². The fourth-order valence-electron chi connectivity index (χ4n) is 1.46. The first kappa shape index (κ1) is 12.8. The number of carbonyl (C=O) groups excluding carboxylic acids is 2. The van der Waals surface area contributed by atoms with Crippen molar-refractivity contribution in [3.05, 3.63) is 0 Å². The van der Waals surface area contributed by atoms with Crippen LogP contribution >= 0.6 is 0 Å². The van der Waals surface area contributed by atoms with E-state index >= 15 is 0 Å². The largest absolute Gasteiger partial charge is 0.465 e. The quantitative estimate of drug-likeness (QED) is 0.668. The number of ether oxygens (including phenoxy) is 2. The molecule has 1 heterocycles. The number of urea groups is 1. The van der Waals surface area contributed by atoms with Crippen molar-refractivity contribution in [3.8, 4) is 0 Å². The molecule has 1 unspecified atom stereocenters. The Morgan fingerprint density at radius 2 is 2.31 bits per heavy atom. The molecule has 1 aliphatic rings. The molecular formula is C10H18N2O4. The zero-order chi connectivity index (χ0) is 11.8. The fourth-order valence-corrected chi connectivity index (χ4v) is 1.46. The molecule has 92 valence electrons. The van der Waals surface area contributed by atoms with Gasteiger partial charge in [0.1, 0.15) is 6.54 Å². The van der Waals surface area contributed by atoms with Crippen molar-refractivity contribution in [2.45, 2.75) is 25.8 Å². The van der Waals surface area contributed by atoms with Crippen LogP contribution in [-0.4, -0.2) is 44.4 Å². The van der Waals surface area contributed by atoms with E-state index in [-0.39, 0.29) is 18.6 Å². The molecule has 6 heteroatoms. The maximum Gasteiger partial charge on any atom is 0.325 e.